The summed E-state index contributed by atoms with van der Waals surface area (Å²) >= 11 is 0. The summed E-state index contributed by atoms with van der Waals surface area (Å²) in [6.07, 6.45) is 3.50. The van der Waals surface area contributed by atoms with Crippen LogP contribution in [0.25, 0.3) is 0 Å². The van der Waals surface area contributed by atoms with Gasteiger partial charge in [0.2, 0.25) is 0 Å². The van der Waals surface area contributed by atoms with Gasteiger partial charge in [-0.3, -0.25) is 0 Å². The molecule has 112 valence electrons. The monoisotopic (exact) mass is 289 g/mol. The van der Waals surface area contributed by atoms with Gasteiger partial charge in [-0.2, -0.15) is 13.2 Å². The van der Waals surface area contributed by atoms with Gasteiger partial charge in [-0.25, -0.2) is 9.97 Å². The van der Waals surface area contributed by atoms with Crippen LogP contribution in [-0.2, 0) is 11.3 Å². The summed E-state index contributed by atoms with van der Waals surface area (Å²) < 4.78 is 41.3. The highest BCUT2D eigenvalue weighted by Crippen LogP contribution is 2.24. The summed E-state index contributed by atoms with van der Waals surface area (Å²) in [5.41, 5.74) is 0.964. The third kappa shape index (κ3) is 5.42. The number of nitrogens with zero attached hydrogens (tertiary/aromatic N) is 2. The maximum absolute atomic E-state index is 12.1. The quantitative estimate of drug-likeness (QED) is 0.904. The average molecular weight is 289 g/mol. The topological polar surface area (TPSA) is 47.0 Å². The van der Waals surface area contributed by atoms with Gasteiger partial charge in [0.05, 0.1) is 6.10 Å². The molecular formula is C13H18F3N3O. The van der Waals surface area contributed by atoms with Crippen molar-refractivity contribution in [3.8, 4) is 0 Å². The largest absolute Gasteiger partial charge is 0.411 e. The Morgan fingerprint density at radius 1 is 1.25 bits per heavy atom. The van der Waals surface area contributed by atoms with E-state index in [4.69, 9.17) is 4.74 Å². The van der Waals surface area contributed by atoms with Crippen molar-refractivity contribution in [3.63, 3.8) is 0 Å². The van der Waals surface area contributed by atoms with E-state index in [1.165, 1.54) is 6.33 Å². The molecule has 1 aliphatic carbocycles. The van der Waals surface area contributed by atoms with Crippen LogP contribution in [0.3, 0.4) is 0 Å². The Balaban J connectivity index is 1.73. The van der Waals surface area contributed by atoms with Crippen LogP contribution in [0.2, 0.25) is 0 Å². The molecule has 1 aliphatic rings. The van der Waals surface area contributed by atoms with E-state index < -0.39 is 12.8 Å². The third-order valence-corrected chi connectivity index (χ3v) is 3.32. The van der Waals surface area contributed by atoms with Crippen molar-refractivity contribution in [2.24, 2.45) is 0 Å². The minimum absolute atomic E-state index is 0.183. The minimum Gasteiger partial charge on any atom is -0.369 e. The van der Waals surface area contributed by atoms with Crippen molar-refractivity contribution < 1.29 is 17.9 Å². The zero-order valence-electron chi connectivity index (χ0n) is 11.1. The molecule has 0 saturated heterocycles. The van der Waals surface area contributed by atoms with E-state index in [2.05, 4.69) is 15.3 Å². The maximum Gasteiger partial charge on any atom is 0.411 e. The number of aromatic nitrogens is 2. The van der Waals surface area contributed by atoms with Crippen molar-refractivity contribution >= 4 is 0 Å². The van der Waals surface area contributed by atoms with E-state index >= 15 is 0 Å². The lowest BCUT2D eigenvalue weighted by Gasteiger charge is -2.30. The van der Waals surface area contributed by atoms with Gasteiger partial charge in [-0.1, -0.05) is 0 Å². The maximum atomic E-state index is 12.1. The normalized spacial score (nSPS) is 23.8. The van der Waals surface area contributed by atoms with Gasteiger partial charge in [-0.05, 0) is 25.7 Å². The van der Waals surface area contributed by atoms with Gasteiger partial charge in [0.25, 0.3) is 0 Å². The molecule has 1 heterocycles. The molecule has 1 aromatic heterocycles. The lowest BCUT2D eigenvalue weighted by molar-refractivity contribution is -0.188. The van der Waals surface area contributed by atoms with Gasteiger partial charge < -0.3 is 10.1 Å². The molecule has 1 fully saturated rings. The Morgan fingerprint density at radius 3 is 2.70 bits per heavy atom. The second kappa shape index (κ2) is 6.99. The zero-order valence-corrected chi connectivity index (χ0v) is 11.1. The van der Waals surface area contributed by atoms with Crippen LogP contribution < -0.4 is 5.32 Å². The van der Waals surface area contributed by atoms with Gasteiger partial charge >= 0.3 is 6.18 Å². The molecule has 1 saturated carbocycles. The molecule has 0 aromatic carbocycles. The molecule has 7 heteroatoms. The molecular weight excluding hydrogens is 271 g/mol. The van der Waals surface area contributed by atoms with Crippen LogP contribution in [0, 0.1) is 0 Å². The number of alkyl halides is 3. The molecule has 0 amide bonds. The molecule has 2 unspecified atom stereocenters. The second-order valence-electron chi connectivity index (χ2n) is 5.04. The first-order chi connectivity index (χ1) is 9.53. The first kappa shape index (κ1) is 15.2. The molecule has 0 aliphatic heterocycles. The van der Waals surface area contributed by atoms with Crippen LogP contribution in [0.15, 0.2) is 18.7 Å². The highest BCUT2D eigenvalue weighted by atomic mass is 19.4. The summed E-state index contributed by atoms with van der Waals surface area (Å²) in [7, 11) is 0. The number of nitrogens with one attached hydrogen (secondary N) is 1. The van der Waals surface area contributed by atoms with Crippen LogP contribution >= 0.6 is 0 Å². The molecule has 1 N–H and O–H groups in total. The van der Waals surface area contributed by atoms with Crippen molar-refractivity contribution in [2.45, 2.75) is 50.6 Å². The fraction of sp³-hybridized carbons (Fsp3) is 0.692. The first-order valence-electron chi connectivity index (χ1n) is 6.68. The van der Waals surface area contributed by atoms with Crippen LogP contribution in [-0.4, -0.2) is 34.9 Å². The van der Waals surface area contributed by atoms with Crippen molar-refractivity contribution in [1.29, 1.82) is 0 Å². The van der Waals surface area contributed by atoms with E-state index in [9.17, 15) is 13.2 Å². The molecule has 20 heavy (non-hydrogen) atoms. The highest BCUT2D eigenvalue weighted by molar-refractivity contribution is 5.02. The van der Waals surface area contributed by atoms with Crippen LogP contribution in [0.5, 0.6) is 0 Å². The van der Waals surface area contributed by atoms with Gasteiger partial charge in [-0.15, -0.1) is 0 Å². The number of hydrogen-bond donors (Lipinski definition) is 1. The molecule has 1 aromatic rings. The Hall–Kier alpha value is -1.21. The SMILES string of the molecule is FC(F)(F)COC1CCCC(NCc2cncnc2)C1. The summed E-state index contributed by atoms with van der Waals surface area (Å²) in [5.74, 6) is 0. The first-order valence-corrected chi connectivity index (χ1v) is 6.68. The predicted octanol–water partition coefficient (Wildman–Crippen LogP) is 2.46. The molecule has 0 bridgehead atoms. The van der Waals surface area contributed by atoms with Gasteiger partial charge in [0, 0.05) is 30.5 Å². The average Bonchev–Trinajstić information content (AvgIpc) is 2.44. The Labute approximate surface area is 115 Å². The summed E-state index contributed by atoms with van der Waals surface area (Å²) in [6.45, 7) is -0.533. The van der Waals surface area contributed by atoms with Gasteiger partial charge in [0.1, 0.15) is 12.9 Å². The van der Waals surface area contributed by atoms with E-state index in [0.717, 1.165) is 18.4 Å². The minimum atomic E-state index is -4.25. The third-order valence-electron chi connectivity index (χ3n) is 3.32. The van der Waals surface area contributed by atoms with Crippen molar-refractivity contribution in [3.05, 3.63) is 24.3 Å². The summed E-state index contributed by atoms with van der Waals surface area (Å²) in [5, 5.41) is 3.32. The van der Waals surface area contributed by atoms with E-state index in [1.54, 1.807) is 12.4 Å². The number of rotatable bonds is 5. The number of hydrogen-bond acceptors (Lipinski definition) is 4. The van der Waals surface area contributed by atoms with Crippen molar-refractivity contribution in [2.75, 3.05) is 6.61 Å². The van der Waals surface area contributed by atoms with Crippen LogP contribution in [0.4, 0.5) is 13.2 Å². The zero-order chi connectivity index (χ0) is 14.4. The smallest absolute Gasteiger partial charge is 0.369 e. The van der Waals surface area contributed by atoms with Crippen LogP contribution in [0.1, 0.15) is 31.2 Å². The van der Waals surface area contributed by atoms with Gasteiger partial charge in [0.15, 0.2) is 0 Å². The Kier molecular flexibility index (Phi) is 5.31. The summed E-state index contributed by atoms with van der Waals surface area (Å²) in [4.78, 5) is 7.84. The Morgan fingerprint density at radius 2 is 2.00 bits per heavy atom. The van der Waals surface area contributed by atoms with Crippen molar-refractivity contribution in [1.82, 2.24) is 15.3 Å². The number of halogens is 3. The van der Waals surface area contributed by atoms with E-state index in [-0.39, 0.29) is 12.1 Å². The molecule has 0 radical (unpaired) electrons. The lowest BCUT2D eigenvalue weighted by atomic mass is 9.92. The van der Waals surface area contributed by atoms with E-state index in [0.29, 0.717) is 19.4 Å². The fourth-order valence-corrected chi connectivity index (χ4v) is 2.38. The fourth-order valence-electron chi connectivity index (χ4n) is 2.38. The predicted molar refractivity (Wildman–Crippen MR) is 66.9 cm³/mol. The standard InChI is InChI=1S/C13H18F3N3O/c14-13(15,16)8-20-12-3-1-2-11(4-12)19-7-10-5-17-9-18-6-10/h5-6,9,11-12,19H,1-4,7-8H2. The number of ether oxygens (including phenoxy) is 1. The summed E-state index contributed by atoms with van der Waals surface area (Å²) in [6, 6.07) is 0.183. The Bertz CT molecular complexity index is 400. The molecule has 0 spiro atoms. The molecule has 2 rings (SSSR count). The second-order valence-corrected chi connectivity index (χ2v) is 5.04. The molecule has 2 atom stereocenters. The molecule has 4 nitrogen and oxygen atoms in total. The highest BCUT2D eigenvalue weighted by Gasteiger charge is 2.31. The lowest BCUT2D eigenvalue weighted by Crippen LogP contribution is -2.37. The van der Waals surface area contributed by atoms with E-state index in [1.807, 2.05) is 0 Å².